The maximum Gasteiger partial charge on any atom is 0.318 e. The van der Waals surface area contributed by atoms with Crippen LogP contribution in [0.1, 0.15) is 25.8 Å². The fourth-order valence-electron chi connectivity index (χ4n) is 2.82. The smallest absolute Gasteiger partial charge is 0.318 e. The van der Waals surface area contributed by atoms with Gasteiger partial charge in [0, 0.05) is 5.75 Å². The third kappa shape index (κ3) is 5.48. The molecule has 0 aliphatic carbocycles. The van der Waals surface area contributed by atoms with E-state index in [0.717, 1.165) is 17.8 Å². The van der Waals surface area contributed by atoms with Gasteiger partial charge in [-0.2, -0.15) is 17.2 Å². The number of aromatic nitrogens is 1. The van der Waals surface area contributed by atoms with Crippen LogP contribution in [0, 0.1) is 15.9 Å². The SMILES string of the molecule is CCSc1c(C=CC(CC)=NS(=O)(=O)c2cnc3c(c2)SCCO3)ccc(F)c1[N+](=O)[O-]. The second kappa shape index (κ2) is 10.5. The van der Waals surface area contributed by atoms with Crippen LogP contribution < -0.4 is 4.74 Å². The van der Waals surface area contributed by atoms with E-state index < -0.39 is 26.5 Å². The summed E-state index contributed by atoms with van der Waals surface area (Å²) in [4.78, 5) is 15.4. The monoisotopic (exact) mass is 497 g/mol. The summed E-state index contributed by atoms with van der Waals surface area (Å²) in [7, 11) is -4.03. The van der Waals surface area contributed by atoms with E-state index in [1.54, 1.807) is 13.8 Å². The van der Waals surface area contributed by atoms with Crippen molar-refractivity contribution in [2.45, 2.75) is 35.0 Å². The Morgan fingerprint density at radius 1 is 1.44 bits per heavy atom. The van der Waals surface area contributed by atoms with Gasteiger partial charge in [0.2, 0.25) is 11.7 Å². The minimum absolute atomic E-state index is 0.0479. The number of pyridine rings is 1. The van der Waals surface area contributed by atoms with E-state index in [2.05, 4.69) is 9.38 Å². The number of nitro groups is 1. The zero-order valence-electron chi connectivity index (χ0n) is 17.3. The largest absolute Gasteiger partial charge is 0.476 e. The standard InChI is InChI=1S/C20H20FN3O5S3/c1-3-14(7-5-13-6-8-16(21)18(24(25)26)19(13)30-4-2)23-32(27,28)15-11-17-20(22-12-15)29-9-10-31-17/h5-8,11-12H,3-4,9-10H2,1-2H3. The number of hydrogen-bond acceptors (Lipinski definition) is 8. The van der Waals surface area contributed by atoms with Gasteiger partial charge in [-0.05, 0) is 35.9 Å². The number of nitro benzene ring substituents is 1. The first-order chi connectivity index (χ1) is 15.3. The van der Waals surface area contributed by atoms with Crippen LogP contribution in [-0.4, -0.2) is 42.1 Å². The highest BCUT2D eigenvalue weighted by molar-refractivity contribution is 7.99. The molecule has 1 aliphatic heterocycles. The lowest BCUT2D eigenvalue weighted by Gasteiger charge is -2.15. The molecule has 2 heterocycles. The topological polar surface area (TPSA) is 112 Å². The Morgan fingerprint density at radius 3 is 2.91 bits per heavy atom. The van der Waals surface area contributed by atoms with Crippen LogP contribution in [0.4, 0.5) is 10.1 Å². The molecule has 12 heteroatoms. The summed E-state index contributed by atoms with van der Waals surface area (Å²) in [6.07, 6.45) is 4.49. The molecule has 32 heavy (non-hydrogen) atoms. The van der Waals surface area contributed by atoms with Gasteiger partial charge < -0.3 is 4.74 Å². The molecule has 1 aliphatic rings. The molecule has 170 valence electrons. The highest BCUT2D eigenvalue weighted by Crippen LogP contribution is 2.36. The number of halogens is 1. The van der Waals surface area contributed by atoms with E-state index >= 15 is 0 Å². The molecule has 0 unspecified atom stereocenters. The molecule has 0 N–H and O–H groups in total. The predicted molar refractivity (Wildman–Crippen MR) is 124 cm³/mol. The van der Waals surface area contributed by atoms with Gasteiger partial charge in [0.15, 0.2) is 0 Å². The Balaban J connectivity index is 1.95. The summed E-state index contributed by atoms with van der Waals surface area (Å²) < 4.78 is 48.9. The number of ether oxygens (including phenoxy) is 1. The van der Waals surface area contributed by atoms with Crippen molar-refractivity contribution >= 4 is 51.0 Å². The van der Waals surface area contributed by atoms with E-state index in [0.29, 0.717) is 40.9 Å². The summed E-state index contributed by atoms with van der Waals surface area (Å²) in [6, 6.07) is 3.93. The normalized spacial score (nSPS) is 14.3. The quantitative estimate of drug-likeness (QED) is 0.217. The molecular formula is C20H20FN3O5S3. The third-order valence-electron chi connectivity index (χ3n) is 4.31. The molecule has 2 aromatic rings. The zero-order chi connectivity index (χ0) is 23.3. The number of benzene rings is 1. The van der Waals surface area contributed by atoms with Gasteiger partial charge in [0.1, 0.15) is 4.90 Å². The molecule has 0 saturated carbocycles. The van der Waals surface area contributed by atoms with Crippen molar-refractivity contribution in [3.05, 3.63) is 52.0 Å². The predicted octanol–water partition coefficient (Wildman–Crippen LogP) is 4.98. The summed E-state index contributed by atoms with van der Waals surface area (Å²) in [6.45, 7) is 4.05. The first-order valence-corrected chi connectivity index (χ1v) is 13.0. The van der Waals surface area contributed by atoms with Gasteiger partial charge in [0.25, 0.3) is 10.0 Å². The van der Waals surface area contributed by atoms with Crippen molar-refractivity contribution in [3.8, 4) is 5.88 Å². The van der Waals surface area contributed by atoms with Crippen LogP contribution in [0.25, 0.3) is 6.08 Å². The van der Waals surface area contributed by atoms with E-state index in [1.807, 2.05) is 0 Å². The Kier molecular flexibility index (Phi) is 7.91. The average molecular weight is 498 g/mol. The van der Waals surface area contributed by atoms with E-state index in [-0.39, 0.29) is 15.5 Å². The van der Waals surface area contributed by atoms with Crippen LogP contribution in [0.15, 0.2) is 49.6 Å². The lowest BCUT2D eigenvalue weighted by molar-refractivity contribution is -0.390. The van der Waals surface area contributed by atoms with Gasteiger partial charge in [0.05, 0.1) is 33.2 Å². The maximum atomic E-state index is 14.0. The Labute approximate surface area is 193 Å². The van der Waals surface area contributed by atoms with Crippen molar-refractivity contribution in [2.75, 3.05) is 18.1 Å². The lowest BCUT2D eigenvalue weighted by Crippen LogP contribution is -2.10. The second-order valence-electron chi connectivity index (χ2n) is 6.42. The molecule has 0 fully saturated rings. The molecule has 0 radical (unpaired) electrons. The van der Waals surface area contributed by atoms with Crippen LogP contribution >= 0.6 is 23.5 Å². The molecule has 0 atom stereocenters. The summed E-state index contributed by atoms with van der Waals surface area (Å²) in [5.41, 5.74) is 0.0556. The van der Waals surface area contributed by atoms with Crippen LogP contribution in [0.3, 0.4) is 0 Å². The zero-order valence-corrected chi connectivity index (χ0v) is 19.7. The van der Waals surface area contributed by atoms with Gasteiger partial charge >= 0.3 is 5.69 Å². The number of hydrogen-bond donors (Lipinski definition) is 0. The average Bonchev–Trinajstić information content (AvgIpc) is 2.77. The molecule has 0 bridgehead atoms. The number of thioether (sulfide) groups is 2. The number of sulfonamides is 1. The third-order valence-corrected chi connectivity index (χ3v) is 7.58. The van der Waals surface area contributed by atoms with Crippen LogP contribution in [0.2, 0.25) is 0 Å². The summed E-state index contributed by atoms with van der Waals surface area (Å²) >= 11 is 2.60. The van der Waals surface area contributed by atoms with Crippen molar-refractivity contribution in [1.29, 1.82) is 0 Å². The molecule has 1 aromatic carbocycles. The van der Waals surface area contributed by atoms with Gasteiger partial charge in [-0.3, -0.25) is 10.1 Å². The van der Waals surface area contributed by atoms with E-state index in [9.17, 15) is 22.9 Å². The second-order valence-corrected chi connectivity index (χ2v) is 10.4. The molecule has 1 aromatic heterocycles. The van der Waals surface area contributed by atoms with Crippen molar-refractivity contribution < 1.29 is 22.5 Å². The van der Waals surface area contributed by atoms with Crippen molar-refractivity contribution in [1.82, 2.24) is 4.98 Å². The van der Waals surface area contributed by atoms with Gasteiger partial charge in [-0.1, -0.05) is 26.0 Å². The van der Waals surface area contributed by atoms with Gasteiger partial charge in [-0.15, -0.1) is 23.5 Å². The first kappa shape index (κ1) is 24.2. The highest BCUT2D eigenvalue weighted by Gasteiger charge is 2.23. The minimum atomic E-state index is -4.03. The fraction of sp³-hybridized carbons (Fsp3) is 0.300. The fourth-order valence-corrected chi connectivity index (χ4v) is 5.69. The number of rotatable bonds is 8. The highest BCUT2D eigenvalue weighted by atomic mass is 32.2. The number of allylic oxidation sites excluding steroid dienone is 1. The Morgan fingerprint density at radius 2 is 2.22 bits per heavy atom. The van der Waals surface area contributed by atoms with Crippen molar-refractivity contribution in [3.63, 3.8) is 0 Å². The summed E-state index contributed by atoms with van der Waals surface area (Å²) in [5, 5.41) is 11.3. The minimum Gasteiger partial charge on any atom is -0.476 e. The molecule has 8 nitrogen and oxygen atoms in total. The molecule has 0 saturated heterocycles. The maximum absolute atomic E-state index is 14.0. The Hall–Kier alpha value is -2.44. The molecule has 3 rings (SSSR count). The summed E-state index contributed by atoms with van der Waals surface area (Å²) in [5.74, 6) is 0.684. The van der Waals surface area contributed by atoms with Crippen molar-refractivity contribution in [2.24, 2.45) is 4.40 Å². The van der Waals surface area contributed by atoms with Gasteiger partial charge in [-0.25, -0.2) is 4.98 Å². The van der Waals surface area contributed by atoms with Crippen LogP contribution in [0.5, 0.6) is 5.88 Å². The number of nitrogens with zero attached hydrogens (tertiary/aromatic N) is 3. The molecule has 0 amide bonds. The first-order valence-electron chi connectivity index (χ1n) is 9.64. The van der Waals surface area contributed by atoms with E-state index in [4.69, 9.17) is 4.74 Å². The molecular weight excluding hydrogens is 477 g/mol. The van der Waals surface area contributed by atoms with Crippen LogP contribution in [-0.2, 0) is 10.0 Å². The van der Waals surface area contributed by atoms with E-state index in [1.165, 1.54) is 42.2 Å². The number of fused-ring (bicyclic) bond motifs is 1. The molecule has 0 spiro atoms. The Bertz CT molecular complexity index is 1200. The lowest BCUT2D eigenvalue weighted by atomic mass is 10.1.